The second-order valence-corrected chi connectivity index (χ2v) is 6.22. The molecule has 4 heteroatoms. The molecule has 1 aliphatic rings. The number of hydrogen-bond donors (Lipinski definition) is 1. The van der Waals surface area contributed by atoms with Gasteiger partial charge in [-0.25, -0.2) is 13.1 Å². The maximum absolute atomic E-state index is 11.8. The Bertz CT molecular complexity index is 255. The Balaban J connectivity index is 2.54. The first kappa shape index (κ1) is 12.0. The van der Waals surface area contributed by atoms with Gasteiger partial charge in [0.25, 0.3) is 0 Å². The Hall–Kier alpha value is -0.0900. The van der Waals surface area contributed by atoms with Crippen LogP contribution in [0.15, 0.2) is 0 Å². The molecule has 0 spiro atoms. The molecule has 84 valence electrons. The second-order valence-electron chi connectivity index (χ2n) is 4.23. The van der Waals surface area contributed by atoms with Crippen molar-refractivity contribution in [1.82, 2.24) is 4.72 Å². The molecular weight excluding hydrogens is 198 g/mol. The minimum atomic E-state index is -3.04. The average molecular weight is 219 g/mol. The predicted octanol–water partition coefficient (Wildman–Crippen LogP) is 2.04. The van der Waals surface area contributed by atoms with Crippen molar-refractivity contribution in [2.45, 2.75) is 63.7 Å². The van der Waals surface area contributed by atoms with E-state index in [2.05, 4.69) is 4.72 Å². The number of rotatable bonds is 4. The molecule has 0 aromatic rings. The molecule has 1 unspecified atom stereocenters. The van der Waals surface area contributed by atoms with Gasteiger partial charge in [0.1, 0.15) is 0 Å². The number of nitrogens with one attached hydrogen (secondary N) is 1. The van der Waals surface area contributed by atoms with Gasteiger partial charge in [-0.3, -0.25) is 0 Å². The van der Waals surface area contributed by atoms with Crippen LogP contribution in [0.1, 0.15) is 52.4 Å². The van der Waals surface area contributed by atoms with Crippen molar-refractivity contribution in [2.75, 3.05) is 0 Å². The van der Waals surface area contributed by atoms with Gasteiger partial charge >= 0.3 is 0 Å². The van der Waals surface area contributed by atoms with Crippen molar-refractivity contribution in [3.63, 3.8) is 0 Å². The van der Waals surface area contributed by atoms with Gasteiger partial charge in [0.2, 0.25) is 10.0 Å². The minimum absolute atomic E-state index is 0.0712. The topological polar surface area (TPSA) is 46.2 Å². The van der Waals surface area contributed by atoms with Gasteiger partial charge in [-0.05, 0) is 26.2 Å². The zero-order valence-electron chi connectivity index (χ0n) is 9.12. The first-order valence-corrected chi connectivity index (χ1v) is 7.12. The standard InChI is InChI=1S/C10H21NO2S/c1-3-9(2)11-14(12,13)10-7-5-4-6-8-10/h9-11H,3-8H2,1-2H3. The normalized spacial score (nSPS) is 22.1. The molecule has 14 heavy (non-hydrogen) atoms. The number of hydrogen-bond acceptors (Lipinski definition) is 2. The molecule has 0 heterocycles. The largest absolute Gasteiger partial charge is 0.214 e. The number of sulfonamides is 1. The average Bonchev–Trinajstić information content (AvgIpc) is 2.18. The van der Waals surface area contributed by atoms with E-state index in [9.17, 15) is 8.42 Å². The summed E-state index contributed by atoms with van der Waals surface area (Å²) in [6.45, 7) is 3.91. The first-order chi connectivity index (χ1) is 6.56. The van der Waals surface area contributed by atoms with E-state index in [1.165, 1.54) is 6.42 Å². The third-order valence-electron chi connectivity index (χ3n) is 2.97. The zero-order chi connectivity index (χ0) is 10.6. The lowest BCUT2D eigenvalue weighted by atomic mass is 10.0. The van der Waals surface area contributed by atoms with Crippen LogP contribution in [0.25, 0.3) is 0 Å². The van der Waals surface area contributed by atoms with Crippen molar-refractivity contribution in [1.29, 1.82) is 0 Å². The Morgan fingerprint density at radius 1 is 1.29 bits per heavy atom. The Kier molecular flexibility index (Phi) is 4.38. The minimum Gasteiger partial charge on any atom is -0.212 e. The van der Waals surface area contributed by atoms with E-state index in [4.69, 9.17) is 0 Å². The second kappa shape index (κ2) is 5.12. The SMILES string of the molecule is CCC(C)NS(=O)(=O)C1CCCCC1. The monoisotopic (exact) mass is 219 g/mol. The van der Waals surface area contributed by atoms with Crippen LogP contribution in [-0.4, -0.2) is 19.7 Å². The highest BCUT2D eigenvalue weighted by Gasteiger charge is 2.27. The quantitative estimate of drug-likeness (QED) is 0.786. The molecule has 1 N–H and O–H groups in total. The van der Waals surface area contributed by atoms with Gasteiger partial charge in [0.05, 0.1) is 5.25 Å². The van der Waals surface area contributed by atoms with E-state index in [0.717, 1.165) is 32.1 Å². The molecule has 1 rings (SSSR count). The van der Waals surface area contributed by atoms with Gasteiger partial charge < -0.3 is 0 Å². The zero-order valence-corrected chi connectivity index (χ0v) is 9.94. The molecule has 0 aromatic carbocycles. The highest BCUT2D eigenvalue weighted by Crippen LogP contribution is 2.23. The Morgan fingerprint density at radius 2 is 1.86 bits per heavy atom. The van der Waals surface area contributed by atoms with Crippen LogP contribution in [0, 0.1) is 0 Å². The van der Waals surface area contributed by atoms with Crippen LogP contribution in [0.2, 0.25) is 0 Å². The van der Waals surface area contributed by atoms with Gasteiger partial charge in [-0.1, -0.05) is 26.2 Å². The van der Waals surface area contributed by atoms with E-state index < -0.39 is 10.0 Å². The molecule has 0 aromatic heterocycles. The molecule has 3 nitrogen and oxygen atoms in total. The van der Waals surface area contributed by atoms with Crippen LogP contribution in [0.3, 0.4) is 0 Å². The molecular formula is C10H21NO2S. The lowest BCUT2D eigenvalue weighted by Crippen LogP contribution is -2.40. The Morgan fingerprint density at radius 3 is 2.36 bits per heavy atom. The molecule has 1 fully saturated rings. The maximum atomic E-state index is 11.8. The molecule has 0 saturated heterocycles. The van der Waals surface area contributed by atoms with Gasteiger partial charge in [-0.15, -0.1) is 0 Å². The lowest BCUT2D eigenvalue weighted by molar-refractivity contribution is 0.470. The smallest absolute Gasteiger partial charge is 0.212 e. The van der Waals surface area contributed by atoms with Gasteiger partial charge in [-0.2, -0.15) is 0 Å². The van der Waals surface area contributed by atoms with Crippen LogP contribution >= 0.6 is 0 Å². The van der Waals surface area contributed by atoms with Crippen molar-refractivity contribution in [3.05, 3.63) is 0 Å². The summed E-state index contributed by atoms with van der Waals surface area (Å²) in [6, 6.07) is 0.0712. The highest BCUT2D eigenvalue weighted by atomic mass is 32.2. The third-order valence-corrected chi connectivity index (χ3v) is 5.05. The van der Waals surface area contributed by atoms with E-state index >= 15 is 0 Å². The van der Waals surface area contributed by atoms with Crippen LogP contribution < -0.4 is 4.72 Å². The van der Waals surface area contributed by atoms with E-state index in [0.29, 0.717) is 0 Å². The van der Waals surface area contributed by atoms with Crippen molar-refractivity contribution in [3.8, 4) is 0 Å². The van der Waals surface area contributed by atoms with Crippen LogP contribution in [0.5, 0.6) is 0 Å². The summed E-state index contributed by atoms with van der Waals surface area (Å²) < 4.78 is 26.4. The van der Waals surface area contributed by atoms with E-state index in [1.807, 2.05) is 13.8 Å². The predicted molar refractivity (Wildman–Crippen MR) is 58.7 cm³/mol. The summed E-state index contributed by atoms with van der Waals surface area (Å²) in [4.78, 5) is 0. The maximum Gasteiger partial charge on any atom is 0.214 e. The molecule has 0 amide bonds. The lowest BCUT2D eigenvalue weighted by Gasteiger charge is -2.23. The summed E-state index contributed by atoms with van der Waals surface area (Å²) in [6.07, 6.45) is 5.84. The summed E-state index contributed by atoms with van der Waals surface area (Å²) in [5.41, 5.74) is 0. The molecule has 1 atom stereocenters. The fourth-order valence-electron chi connectivity index (χ4n) is 1.84. The third kappa shape index (κ3) is 3.24. The van der Waals surface area contributed by atoms with Gasteiger partial charge in [0, 0.05) is 6.04 Å². The van der Waals surface area contributed by atoms with Crippen LogP contribution in [-0.2, 0) is 10.0 Å². The Labute approximate surface area is 87.3 Å². The fourth-order valence-corrected chi connectivity index (χ4v) is 3.71. The van der Waals surface area contributed by atoms with E-state index in [-0.39, 0.29) is 11.3 Å². The van der Waals surface area contributed by atoms with Crippen molar-refractivity contribution < 1.29 is 8.42 Å². The molecule has 0 bridgehead atoms. The molecule has 0 aliphatic heterocycles. The van der Waals surface area contributed by atoms with E-state index in [1.54, 1.807) is 0 Å². The summed E-state index contributed by atoms with van der Waals surface area (Å²) >= 11 is 0. The molecule has 1 aliphatic carbocycles. The summed E-state index contributed by atoms with van der Waals surface area (Å²) in [5.74, 6) is 0. The first-order valence-electron chi connectivity index (χ1n) is 5.57. The highest BCUT2D eigenvalue weighted by molar-refractivity contribution is 7.90. The molecule has 1 saturated carbocycles. The van der Waals surface area contributed by atoms with Crippen LogP contribution in [0.4, 0.5) is 0 Å². The van der Waals surface area contributed by atoms with Crippen molar-refractivity contribution >= 4 is 10.0 Å². The summed E-state index contributed by atoms with van der Waals surface area (Å²) in [7, 11) is -3.04. The summed E-state index contributed by atoms with van der Waals surface area (Å²) in [5, 5.41) is -0.134. The van der Waals surface area contributed by atoms with Gasteiger partial charge in [0.15, 0.2) is 0 Å². The molecule has 0 radical (unpaired) electrons. The van der Waals surface area contributed by atoms with Crippen molar-refractivity contribution in [2.24, 2.45) is 0 Å². The fraction of sp³-hybridized carbons (Fsp3) is 1.00.